The third-order valence-electron chi connectivity index (χ3n) is 2.49. The molecule has 1 aliphatic carbocycles. The maximum atomic E-state index is 12.4. The fourth-order valence-corrected chi connectivity index (χ4v) is 1.71. The molecule has 0 bridgehead atoms. The van der Waals surface area contributed by atoms with Crippen molar-refractivity contribution >= 4 is 17.4 Å². The highest BCUT2D eigenvalue weighted by Gasteiger charge is 2.41. The minimum absolute atomic E-state index is 0.155. The number of rotatable bonds is 1. The van der Waals surface area contributed by atoms with Gasteiger partial charge in [0, 0.05) is 13.0 Å². The Morgan fingerprint density at radius 1 is 1.47 bits per heavy atom. The number of amidine groups is 1. The SMILES string of the molecule is CN1C(C2CC2)=NC(C(F)(F)F)=CC1Cl. The molecule has 1 atom stereocenters. The van der Waals surface area contributed by atoms with Crippen LogP contribution in [-0.2, 0) is 0 Å². The summed E-state index contributed by atoms with van der Waals surface area (Å²) in [5.74, 6) is 0.618. The lowest BCUT2D eigenvalue weighted by molar-refractivity contribution is -0.0931. The normalized spacial score (nSPS) is 27.5. The summed E-state index contributed by atoms with van der Waals surface area (Å²) in [6.07, 6.45) is -1.67. The number of halogens is 4. The van der Waals surface area contributed by atoms with Gasteiger partial charge in [-0.2, -0.15) is 13.2 Å². The molecule has 2 rings (SSSR count). The van der Waals surface area contributed by atoms with E-state index in [1.165, 1.54) is 0 Å². The van der Waals surface area contributed by atoms with Gasteiger partial charge in [-0.25, -0.2) is 4.99 Å². The van der Waals surface area contributed by atoms with Gasteiger partial charge in [-0.3, -0.25) is 0 Å². The third kappa shape index (κ3) is 2.12. The molecule has 0 saturated heterocycles. The number of hydrogen-bond donors (Lipinski definition) is 0. The Kier molecular flexibility index (Phi) is 2.45. The molecular formula is C9H10ClF3N2. The van der Waals surface area contributed by atoms with E-state index in [0.717, 1.165) is 18.9 Å². The average molecular weight is 239 g/mol. The average Bonchev–Trinajstić information content (AvgIpc) is 2.90. The number of likely N-dealkylation sites (N-methyl/N-ethyl adjacent to an activating group) is 1. The number of allylic oxidation sites excluding steroid dienone is 1. The van der Waals surface area contributed by atoms with Crippen LogP contribution < -0.4 is 0 Å². The Labute approximate surface area is 90.4 Å². The second kappa shape index (κ2) is 3.40. The monoisotopic (exact) mass is 238 g/mol. The molecule has 0 N–H and O–H groups in total. The Balaban J connectivity index is 2.30. The van der Waals surface area contributed by atoms with E-state index in [9.17, 15) is 13.2 Å². The van der Waals surface area contributed by atoms with Crippen molar-refractivity contribution in [3.05, 3.63) is 11.8 Å². The molecule has 6 heteroatoms. The molecule has 84 valence electrons. The molecule has 15 heavy (non-hydrogen) atoms. The molecule has 2 aliphatic rings. The van der Waals surface area contributed by atoms with Gasteiger partial charge in [-0.1, -0.05) is 11.6 Å². The lowest BCUT2D eigenvalue weighted by Gasteiger charge is -2.29. The Hall–Kier alpha value is -0.710. The molecule has 0 aromatic carbocycles. The molecule has 1 fully saturated rings. The van der Waals surface area contributed by atoms with Crippen LogP contribution >= 0.6 is 11.6 Å². The number of alkyl halides is 4. The molecule has 0 spiro atoms. The van der Waals surface area contributed by atoms with Gasteiger partial charge >= 0.3 is 6.18 Å². The van der Waals surface area contributed by atoms with Gasteiger partial charge in [0.05, 0.1) is 0 Å². The molecule has 1 saturated carbocycles. The highest BCUT2D eigenvalue weighted by atomic mass is 35.5. The molecule has 2 nitrogen and oxygen atoms in total. The first-order valence-corrected chi connectivity index (χ1v) is 5.08. The van der Waals surface area contributed by atoms with Crippen LogP contribution in [0, 0.1) is 5.92 Å². The first-order valence-electron chi connectivity index (χ1n) is 4.64. The van der Waals surface area contributed by atoms with Gasteiger partial charge in [0.25, 0.3) is 0 Å². The minimum Gasteiger partial charge on any atom is -0.343 e. The minimum atomic E-state index is -4.41. The Bertz CT molecular complexity index is 331. The maximum absolute atomic E-state index is 12.4. The smallest absolute Gasteiger partial charge is 0.343 e. The van der Waals surface area contributed by atoms with E-state index in [2.05, 4.69) is 4.99 Å². The van der Waals surface area contributed by atoms with E-state index in [1.807, 2.05) is 0 Å². The van der Waals surface area contributed by atoms with E-state index in [-0.39, 0.29) is 5.92 Å². The fourth-order valence-electron chi connectivity index (χ4n) is 1.49. The summed E-state index contributed by atoms with van der Waals surface area (Å²) in [5.41, 5.74) is -1.63. The lowest BCUT2D eigenvalue weighted by atomic mass is 10.2. The first-order chi connectivity index (χ1) is 6.89. The van der Waals surface area contributed by atoms with E-state index >= 15 is 0 Å². The van der Waals surface area contributed by atoms with Crippen molar-refractivity contribution in [1.29, 1.82) is 0 Å². The summed E-state index contributed by atoms with van der Waals surface area (Å²) in [7, 11) is 1.67. The van der Waals surface area contributed by atoms with E-state index < -0.39 is 17.4 Å². The summed E-state index contributed by atoms with van der Waals surface area (Å²) in [6, 6.07) is 0. The van der Waals surface area contributed by atoms with Crippen LogP contribution in [0.4, 0.5) is 13.2 Å². The van der Waals surface area contributed by atoms with Crippen molar-refractivity contribution in [2.45, 2.75) is 24.5 Å². The zero-order chi connectivity index (χ0) is 11.2. The van der Waals surface area contributed by atoms with Crippen LogP contribution in [0.1, 0.15) is 12.8 Å². The van der Waals surface area contributed by atoms with Gasteiger partial charge in [0.1, 0.15) is 17.0 Å². The maximum Gasteiger partial charge on any atom is 0.433 e. The van der Waals surface area contributed by atoms with Crippen molar-refractivity contribution in [2.75, 3.05) is 7.05 Å². The van der Waals surface area contributed by atoms with Gasteiger partial charge in [0.15, 0.2) is 0 Å². The van der Waals surface area contributed by atoms with Crippen molar-refractivity contribution in [2.24, 2.45) is 10.9 Å². The van der Waals surface area contributed by atoms with E-state index in [1.54, 1.807) is 11.9 Å². The standard InChI is InChI=1S/C9H10ClF3N2/c1-15-7(10)4-6(9(11,12)13)14-8(15)5-2-3-5/h4-5,7H,2-3H2,1H3. The van der Waals surface area contributed by atoms with Gasteiger partial charge < -0.3 is 4.90 Å². The summed E-state index contributed by atoms with van der Waals surface area (Å²) in [4.78, 5) is 5.23. The van der Waals surface area contributed by atoms with E-state index in [0.29, 0.717) is 5.84 Å². The summed E-state index contributed by atoms with van der Waals surface area (Å²) >= 11 is 5.80. The molecule has 0 aromatic heterocycles. The Morgan fingerprint density at radius 2 is 2.07 bits per heavy atom. The zero-order valence-electron chi connectivity index (χ0n) is 8.05. The fraction of sp³-hybridized carbons (Fsp3) is 0.667. The molecular weight excluding hydrogens is 229 g/mol. The van der Waals surface area contributed by atoms with Crippen LogP contribution in [0.5, 0.6) is 0 Å². The predicted octanol–water partition coefficient (Wildman–Crippen LogP) is 2.75. The van der Waals surface area contributed by atoms with Crippen LogP contribution in [0.3, 0.4) is 0 Å². The zero-order valence-corrected chi connectivity index (χ0v) is 8.81. The Morgan fingerprint density at radius 3 is 2.53 bits per heavy atom. The molecule has 1 heterocycles. The van der Waals surface area contributed by atoms with Gasteiger partial charge in [-0.15, -0.1) is 0 Å². The summed E-state index contributed by atoms with van der Waals surface area (Å²) in [5, 5.41) is 0. The quantitative estimate of drug-likeness (QED) is 0.507. The third-order valence-corrected chi connectivity index (χ3v) is 2.91. The van der Waals surface area contributed by atoms with Crippen LogP contribution in [0.25, 0.3) is 0 Å². The topological polar surface area (TPSA) is 15.6 Å². The molecule has 1 unspecified atom stereocenters. The van der Waals surface area contributed by atoms with Gasteiger partial charge in [0.2, 0.25) is 0 Å². The van der Waals surface area contributed by atoms with Crippen LogP contribution in [-0.4, -0.2) is 29.5 Å². The molecule has 0 amide bonds. The van der Waals surface area contributed by atoms with Gasteiger partial charge in [-0.05, 0) is 18.9 Å². The van der Waals surface area contributed by atoms with Crippen LogP contribution in [0.15, 0.2) is 16.8 Å². The van der Waals surface area contributed by atoms with Crippen molar-refractivity contribution < 1.29 is 13.2 Å². The summed E-state index contributed by atoms with van der Waals surface area (Å²) in [6.45, 7) is 0. The molecule has 0 aromatic rings. The van der Waals surface area contributed by atoms with Crippen molar-refractivity contribution in [3.8, 4) is 0 Å². The molecule has 1 aliphatic heterocycles. The van der Waals surface area contributed by atoms with E-state index in [4.69, 9.17) is 11.6 Å². The number of hydrogen-bond acceptors (Lipinski definition) is 2. The van der Waals surface area contributed by atoms with Crippen molar-refractivity contribution in [1.82, 2.24) is 4.90 Å². The lowest BCUT2D eigenvalue weighted by Crippen LogP contribution is -2.38. The number of nitrogens with zero attached hydrogens (tertiary/aromatic N) is 2. The highest BCUT2D eigenvalue weighted by molar-refractivity contribution is 6.23. The second-order valence-electron chi connectivity index (χ2n) is 3.78. The summed E-state index contributed by atoms with van der Waals surface area (Å²) < 4.78 is 37.3. The van der Waals surface area contributed by atoms with Crippen molar-refractivity contribution in [3.63, 3.8) is 0 Å². The second-order valence-corrected chi connectivity index (χ2v) is 4.22. The predicted molar refractivity (Wildman–Crippen MR) is 51.7 cm³/mol. The van der Waals surface area contributed by atoms with Crippen LogP contribution in [0.2, 0.25) is 0 Å². The molecule has 0 radical (unpaired) electrons. The number of aliphatic imine (C=N–C) groups is 1. The first kappa shape index (κ1) is 10.8. The largest absolute Gasteiger partial charge is 0.433 e. The highest BCUT2D eigenvalue weighted by Crippen LogP contribution is 2.38.